The van der Waals surface area contributed by atoms with Crippen molar-refractivity contribution >= 4 is 11.5 Å². The van der Waals surface area contributed by atoms with Crippen LogP contribution in [0, 0.1) is 5.92 Å². The second-order valence-electron chi connectivity index (χ2n) is 5.68. The lowest BCUT2D eigenvalue weighted by atomic mass is 9.89. The van der Waals surface area contributed by atoms with Gasteiger partial charge in [-0.1, -0.05) is 12.1 Å². The van der Waals surface area contributed by atoms with E-state index in [4.69, 9.17) is 0 Å². The fourth-order valence-corrected chi connectivity index (χ4v) is 3.20. The van der Waals surface area contributed by atoms with E-state index in [1.807, 2.05) is 24.3 Å². The highest BCUT2D eigenvalue weighted by molar-refractivity contribution is 6.04. The predicted octanol–water partition coefficient (Wildman–Crippen LogP) is 2.79. The minimum atomic E-state index is 0.164. The highest BCUT2D eigenvalue weighted by Crippen LogP contribution is 2.26. The summed E-state index contributed by atoms with van der Waals surface area (Å²) in [5, 5.41) is 3.39. The van der Waals surface area contributed by atoms with Crippen LogP contribution in [0.1, 0.15) is 36.0 Å². The Morgan fingerprint density at radius 1 is 1.21 bits per heavy atom. The second kappa shape index (κ2) is 5.74. The molecule has 0 unspecified atom stereocenters. The van der Waals surface area contributed by atoms with Crippen LogP contribution in [0.5, 0.6) is 0 Å². The van der Waals surface area contributed by atoms with E-state index in [9.17, 15) is 4.79 Å². The summed E-state index contributed by atoms with van der Waals surface area (Å²) in [6, 6.07) is 7.86. The van der Waals surface area contributed by atoms with E-state index in [0.717, 1.165) is 37.2 Å². The monoisotopic (exact) mass is 258 g/mol. The Morgan fingerprint density at radius 3 is 2.84 bits per heavy atom. The summed E-state index contributed by atoms with van der Waals surface area (Å²) >= 11 is 0. The molecule has 1 N–H and O–H groups in total. The number of para-hydroxylation sites is 1. The molecule has 3 rings (SSSR count). The van der Waals surface area contributed by atoms with Crippen molar-refractivity contribution in [3.8, 4) is 0 Å². The Labute approximate surface area is 115 Å². The van der Waals surface area contributed by atoms with Gasteiger partial charge in [-0.25, -0.2) is 0 Å². The second-order valence-corrected chi connectivity index (χ2v) is 5.68. The van der Waals surface area contributed by atoms with Crippen LogP contribution < -0.4 is 5.32 Å². The number of fused-ring (bicyclic) bond motifs is 1. The van der Waals surface area contributed by atoms with Crippen LogP contribution in [-0.4, -0.2) is 36.9 Å². The van der Waals surface area contributed by atoms with Crippen LogP contribution in [0.4, 0.5) is 5.69 Å². The molecule has 1 atom stereocenters. The third-order valence-corrected chi connectivity index (χ3v) is 4.33. The van der Waals surface area contributed by atoms with Crippen molar-refractivity contribution in [2.75, 3.05) is 31.5 Å². The molecule has 19 heavy (non-hydrogen) atoms. The summed E-state index contributed by atoms with van der Waals surface area (Å²) in [7, 11) is 0. The fourth-order valence-electron chi connectivity index (χ4n) is 3.20. The predicted molar refractivity (Wildman–Crippen MR) is 77.7 cm³/mol. The Hall–Kier alpha value is -1.35. The number of ketones is 1. The van der Waals surface area contributed by atoms with Crippen LogP contribution in [0.3, 0.4) is 0 Å². The Bertz CT molecular complexity index is 452. The first-order chi connectivity index (χ1) is 9.34. The average Bonchev–Trinajstić information content (AvgIpc) is 2.95. The zero-order valence-corrected chi connectivity index (χ0v) is 11.4. The molecular formula is C16H22N2O. The maximum Gasteiger partial charge on any atom is 0.169 e. The topological polar surface area (TPSA) is 32.3 Å². The number of nitrogens with one attached hydrogen (secondary N) is 1. The minimum absolute atomic E-state index is 0.164. The highest BCUT2D eigenvalue weighted by atomic mass is 16.1. The lowest BCUT2D eigenvalue weighted by Crippen LogP contribution is -2.30. The number of carbonyl (C=O) groups is 1. The summed E-state index contributed by atoms with van der Waals surface area (Å²) in [4.78, 5) is 14.9. The molecule has 0 bridgehead atoms. The highest BCUT2D eigenvalue weighted by Gasteiger charge is 2.26. The van der Waals surface area contributed by atoms with E-state index in [2.05, 4.69) is 10.2 Å². The van der Waals surface area contributed by atoms with Gasteiger partial charge in [0, 0.05) is 23.7 Å². The molecule has 0 spiro atoms. The van der Waals surface area contributed by atoms with Gasteiger partial charge in [0.05, 0.1) is 0 Å². The van der Waals surface area contributed by atoms with Gasteiger partial charge in [-0.2, -0.15) is 0 Å². The average molecular weight is 258 g/mol. The lowest BCUT2D eigenvalue weighted by molar-refractivity contribution is 0.0912. The molecule has 2 aliphatic heterocycles. The third-order valence-electron chi connectivity index (χ3n) is 4.33. The molecule has 102 valence electrons. The molecule has 0 aromatic heterocycles. The summed E-state index contributed by atoms with van der Waals surface area (Å²) in [5.41, 5.74) is 1.88. The first-order valence-corrected chi connectivity index (χ1v) is 7.44. The third kappa shape index (κ3) is 2.81. The zero-order valence-electron chi connectivity index (χ0n) is 11.4. The van der Waals surface area contributed by atoms with E-state index < -0.39 is 0 Å². The Balaban J connectivity index is 1.54. The van der Waals surface area contributed by atoms with Crippen LogP contribution in [0.2, 0.25) is 0 Å². The van der Waals surface area contributed by atoms with Crippen molar-refractivity contribution < 1.29 is 4.79 Å². The van der Waals surface area contributed by atoms with E-state index in [-0.39, 0.29) is 5.92 Å². The molecule has 3 nitrogen and oxygen atoms in total. The van der Waals surface area contributed by atoms with Gasteiger partial charge in [0.1, 0.15) is 0 Å². The smallest absolute Gasteiger partial charge is 0.169 e. The number of Topliss-reactive ketones (excluding diaryl/α,β-unsaturated/α-hetero) is 1. The molecule has 2 aliphatic rings. The Morgan fingerprint density at radius 2 is 2.00 bits per heavy atom. The Kier molecular flexibility index (Phi) is 3.83. The molecule has 0 aliphatic carbocycles. The van der Waals surface area contributed by atoms with Crippen molar-refractivity contribution in [2.24, 2.45) is 5.92 Å². The molecular weight excluding hydrogens is 236 g/mol. The lowest BCUT2D eigenvalue weighted by Gasteiger charge is -2.25. The van der Waals surface area contributed by atoms with Gasteiger partial charge >= 0.3 is 0 Å². The molecule has 0 saturated carbocycles. The molecule has 1 saturated heterocycles. The van der Waals surface area contributed by atoms with Crippen LogP contribution >= 0.6 is 0 Å². The number of hydrogen-bond acceptors (Lipinski definition) is 3. The first kappa shape index (κ1) is 12.7. The van der Waals surface area contributed by atoms with Crippen molar-refractivity contribution in [2.45, 2.75) is 25.7 Å². The molecule has 3 heteroatoms. The first-order valence-electron chi connectivity index (χ1n) is 7.44. The van der Waals surface area contributed by atoms with Gasteiger partial charge in [0.2, 0.25) is 0 Å². The number of hydrogen-bond donors (Lipinski definition) is 1. The SMILES string of the molecule is O=C1c2ccccc2NC[C@H]1CCCN1CCCC1. The molecule has 1 fully saturated rings. The summed E-state index contributed by atoms with van der Waals surface area (Å²) < 4.78 is 0. The van der Waals surface area contributed by atoms with Gasteiger partial charge in [-0.05, 0) is 57.5 Å². The number of likely N-dealkylation sites (tertiary alicyclic amines) is 1. The van der Waals surface area contributed by atoms with Gasteiger partial charge < -0.3 is 10.2 Å². The van der Waals surface area contributed by atoms with E-state index >= 15 is 0 Å². The van der Waals surface area contributed by atoms with Gasteiger partial charge in [-0.15, -0.1) is 0 Å². The number of nitrogens with zero attached hydrogens (tertiary/aromatic N) is 1. The maximum absolute atomic E-state index is 12.4. The van der Waals surface area contributed by atoms with E-state index in [0.29, 0.717) is 5.78 Å². The van der Waals surface area contributed by atoms with Crippen molar-refractivity contribution in [1.82, 2.24) is 4.90 Å². The van der Waals surface area contributed by atoms with Crippen molar-refractivity contribution in [1.29, 1.82) is 0 Å². The number of benzene rings is 1. The minimum Gasteiger partial charge on any atom is -0.384 e. The quantitative estimate of drug-likeness (QED) is 0.901. The molecule has 2 heterocycles. The van der Waals surface area contributed by atoms with Gasteiger partial charge in [-0.3, -0.25) is 4.79 Å². The van der Waals surface area contributed by atoms with Crippen molar-refractivity contribution in [3.05, 3.63) is 29.8 Å². The van der Waals surface area contributed by atoms with Crippen LogP contribution in [-0.2, 0) is 0 Å². The maximum atomic E-state index is 12.4. The summed E-state index contributed by atoms with van der Waals surface area (Å²) in [5.74, 6) is 0.494. The fraction of sp³-hybridized carbons (Fsp3) is 0.562. The van der Waals surface area contributed by atoms with E-state index in [1.54, 1.807) is 0 Å². The summed E-state index contributed by atoms with van der Waals surface area (Å²) in [6.45, 7) is 4.46. The van der Waals surface area contributed by atoms with Crippen molar-refractivity contribution in [3.63, 3.8) is 0 Å². The van der Waals surface area contributed by atoms with Gasteiger partial charge in [0.25, 0.3) is 0 Å². The van der Waals surface area contributed by atoms with E-state index in [1.165, 1.54) is 25.9 Å². The van der Waals surface area contributed by atoms with Crippen LogP contribution in [0.25, 0.3) is 0 Å². The molecule has 0 amide bonds. The normalized spacial score (nSPS) is 23.2. The zero-order chi connectivity index (χ0) is 13.1. The largest absolute Gasteiger partial charge is 0.384 e. The number of carbonyl (C=O) groups excluding carboxylic acids is 1. The molecule has 1 aromatic rings. The standard InChI is InChI=1S/C16H22N2O/c19-16-13(6-5-11-18-9-3-4-10-18)12-17-15-8-2-1-7-14(15)16/h1-2,7-8,13,17H,3-6,9-12H2/t13-/m1/s1. The number of rotatable bonds is 4. The molecule has 0 radical (unpaired) electrons. The number of anilines is 1. The summed E-state index contributed by atoms with van der Waals surface area (Å²) in [6.07, 6.45) is 4.84. The van der Waals surface area contributed by atoms with Gasteiger partial charge in [0.15, 0.2) is 5.78 Å². The molecule has 1 aromatic carbocycles. The van der Waals surface area contributed by atoms with Crippen LogP contribution in [0.15, 0.2) is 24.3 Å².